The van der Waals surface area contributed by atoms with E-state index < -0.39 is 0 Å². The summed E-state index contributed by atoms with van der Waals surface area (Å²) in [6.45, 7) is 2.21. The van der Waals surface area contributed by atoms with Crippen molar-refractivity contribution in [2.75, 3.05) is 13.1 Å². The molecule has 0 unspecified atom stereocenters. The quantitative estimate of drug-likeness (QED) is 0.903. The molecule has 1 fully saturated rings. The molecule has 3 rings (SSSR count). The molecule has 0 aliphatic carbocycles. The third-order valence-corrected chi connectivity index (χ3v) is 3.89. The number of benzene rings is 1. The molecule has 1 N–H and O–H groups in total. The second-order valence-electron chi connectivity index (χ2n) is 4.36. The lowest BCUT2D eigenvalue weighted by molar-refractivity contribution is 0.346. The third-order valence-electron chi connectivity index (χ3n) is 3.02. The first-order chi connectivity index (χ1) is 8.31. The van der Waals surface area contributed by atoms with Gasteiger partial charge in [0.25, 0.3) is 0 Å². The smallest absolute Gasteiger partial charge is 0.123 e. The molecule has 1 aliphatic rings. The van der Waals surface area contributed by atoms with Gasteiger partial charge in [-0.25, -0.2) is 9.37 Å². The summed E-state index contributed by atoms with van der Waals surface area (Å²) in [6, 6.07) is 6.51. The summed E-state index contributed by atoms with van der Waals surface area (Å²) in [5, 5.41) is 6.49. The molecule has 0 amide bonds. The largest absolute Gasteiger partial charge is 0.316 e. The fraction of sp³-hybridized carbons (Fsp3) is 0.308. The lowest BCUT2D eigenvalue weighted by atomic mass is 10.0. The van der Waals surface area contributed by atoms with Gasteiger partial charge in [0.15, 0.2) is 0 Å². The minimum Gasteiger partial charge on any atom is -0.316 e. The molecule has 2 nitrogen and oxygen atoms in total. The number of thiazole rings is 1. The molecule has 17 heavy (non-hydrogen) atoms. The van der Waals surface area contributed by atoms with Crippen LogP contribution in [0.4, 0.5) is 4.39 Å². The van der Waals surface area contributed by atoms with Crippen molar-refractivity contribution < 1.29 is 4.39 Å². The van der Waals surface area contributed by atoms with Crippen LogP contribution in [0.15, 0.2) is 29.6 Å². The molecular weight excluding hydrogens is 235 g/mol. The summed E-state index contributed by atoms with van der Waals surface area (Å²) in [7, 11) is 0. The van der Waals surface area contributed by atoms with E-state index in [4.69, 9.17) is 0 Å². The van der Waals surface area contributed by atoms with Crippen molar-refractivity contribution in [3.8, 4) is 11.3 Å². The topological polar surface area (TPSA) is 24.9 Å². The fourth-order valence-corrected chi connectivity index (χ4v) is 2.82. The van der Waals surface area contributed by atoms with E-state index in [2.05, 4.69) is 15.7 Å². The standard InChI is InChI=1S/C13H13FN2S/c14-11-3-1-10(2-4-11)12-8-17-13(16-12)5-9-6-15-7-9/h1-4,8-9,15H,5-7H2. The molecule has 1 saturated heterocycles. The lowest BCUT2D eigenvalue weighted by Gasteiger charge is -2.25. The van der Waals surface area contributed by atoms with Crippen LogP contribution in [-0.4, -0.2) is 18.1 Å². The van der Waals surface area contributed by atoms with Crippen molar-refractivity contribution in [3.63, 3.8) is 0 Å². The first-order valence-corrected chi connectivity index (χ1v) is 6.60. The number of hydrogen-bond acceptors (Lipinski definition) is 3. The Labute approximate surface area is 104 Å². The number of nitrogens with zero attached hydrogens (tertiary/aromatic N) is 1. The number of nitrogens with one attached hydrogen (secondary N) is 1. The Balaban J connectivity index is 1.76. The summed E-state index contributed by atoms with van der Waals surface area (Å²) < 4.78 is 12.8. The fourth-order valence-electron chi connectivity index (χ4n) is 1.90. The second-order valence-corrected chi connectivity index (χ2v) is 5.30. The molecular formula is C13H13FN2S. The van der Waals surface area contributed by atoms with Gasteiger partial charge < -0.3 is 5.32 Å². The average Bonchev–Trinajstić information content (AvgIpc) is 2.73. The van der Waals surface area contributed by atoms with E-state index in [1.165, 1.54) is 17.1 Å². The maximum atomic E-state index is 12.8. The Morgan fingerprint density at radius 2 is 2.06 bits per heavy atom. The van der Waals surface area contributed by atoms with E-state index in [0.29, 0.717) is 0 Å². The average molecular weight is 248 g/mol. The van der Waals surface area contributed by atoms with E-state index in [0.717, 1.165) is 36.7 Å². The first kappa shape index (κ1) is 10.9. The van der Waals surface area contributed by atoms with Gasteiger partial charge in [-0.05, 0) is 43.3 Å². The van der Waals surface area contributed by atoms with E-state index in [9.17, 15) is 4.39 Å². The normalized spacial score (nSPS) is 15.8. The van der Waals surface area contributed by atoms with Crippen LogP contribution in [0.2, 0.25) is 0 Å². The van der Waals surface area contributed by atoms with Gasteiger partial charge in [0.1, 0.15) is 5.82 Å². The molecule has 0 bridgehead atoms. The van der Waals surface area contributed by atoms with Crippen LogP contribution >= 0.6 is 11.3 Å². The number of aromatic nitrogens is 1. The predicted octanol–water partition coefficient (Wildman–Crippen LogP) is 2.71. The maximum absolute atomic E-state index is 12.8. The summed E-state index contributed by atoms with van der Waals surface area (Å²) in [4.78, 5) is 4.60. The van der Waals surface area contributed by atoms with Crippen LogP contribution in [-0.2, 0) is 6.42 Å². The van der Waals surface area contributed by atoms with Gasteiger partial charge in [-0.1, -0.05) is 0 Å². The van der Waals surface area contributed by atoms with Crippen LogP contribution in [0, 0.1) is 11.7 Å². The second kappa shape index (κ2) is 4.55. The van der Waals surface area contributed by atoms with Crippen LogP contribution in [0.1, 0.15) is 5.01 Å². The summed E-state index contributed by atoms with van der Waals surface area (Å²) in [6.07, 6.45) is 1.05. The van der Waals surface area contributed by atoms with Crippen LogP contribution in [0.5, 0.6) is 0 Å². The van der Waals surface area contributed by atoms with Gasteiger partial charge in [-0.2, -0.15) is 0 Å². The van der Waals surface area contributed by atoms with E-state index >= 15 is 0 Å². The highest BCUT2D eigenvalue weighted by Gasteiger charge is 2.18. The van der Waals surface area contributed by atoms with Crippen molar-refractivity contribution in [1.82, 2.24) is 10.3 Å². The molecule has 0 radical (unpaired) electrons. The third kappa shape index (κ3) is 2.37. The Kier molecular flexibility index (Phi) is 2.91. The highest BCUT2D eigenvalue weighted by molar-refractivity contribution is 7.09. The molecule has 1 aromatic heterocycles. The number of rotatable bonds is 3. The predicted molar refractivity (Wildman–Crippen MR) is 67.6 cm³/mol. The SMILES string of the molecule is Fc1ccc(-c2csc(CC3CNC3)n2)cc1. The molecule has 2 aromatic rings. The van der Waals surface area contributed by atoms with Crippen molar-refractivity contribution in [2.45, 2.75) is 6.42 Å². The van der Waals surface area contributed by atoms with Crippen molar-refractivity contribution in [1.29, 1.82) is 0 Å². The maximum Gasteiger partial charge on any atom is 0.123 e. The Morgan fingerprint density at radius 3 is 2.71 bits per heavy atom. The van der Waals surface area contributed by atoms with Gasteiger partial charge in [-0.15, -0.1) is 11.3 Å². The van der Waals surface area contributed by atoms with Gasteiger partial charge >= 0.3 is 0 Å². The molecule has 0 spiro atoms. The van der Waals surface area contributed by atoms with E-state index in [1.54, 1.807) is 23.5 Å². The van der Waals surface area contributed by atoms with Crippen LogP contribution in [0.3, 0.4) is 0 Å². The first-order valence-electron chi connectivity index (χ1n) is 5.72. The Hall–Kier alpha value is -1.26. The van der Waals surface area contributed by atoms with Crippen molar-refractivity contribution in [2.24, 2.45) is 5.92 Å². The number of halogens is 1. The van der Waals surface area contributed by atoms with Crippen LogP contribution in [0.25, 0.3) is 11.3 Å². The van der Waals surface area contributed by atoms with Gasteiger partial charge in [0, 0.05) is 17.4 Å². The zero-order chi connectivity index (χ0) is 11.7. The van der Waals surface area contributed by atoms with Gasteiger partial charge in [0.05, 0.1) is 10.7 Å². The van der Waals surface area contributed by atoms with Crippen LogP contribution < -0.4 is 5.32 Å². The zero-order valence-corrected chi connectivity index (χ0v) is 10.1. The summed E-state index contributed by atoms with van der Waals surface area (Å²) in [5.41, 5.74) is 1.94. The number of hydrogen-bond donors (Lipinski definition) is 1. The zero-order valence-electron chi connectivity index (χ0n) is 9.32. The highest BCUT2D eigenvalue weighted by Crippen LogP contribution is 2.24. The molecule has 4 heteroatoms. The molecule has 1 aliphatic heterocycles. The monoisotopic (exact) mass is 248 g/mol. The summed E-state index contributed by atoms with van der Waals surface area (Å²) >= 11 is 1.69. The molecule has 2 heterocycles. The summed E-state index contributed by atoms with van der Waals surface area (Å²) in [5.74, 6) is 0.534. The van der Waals surface area contributed by atoms with E-state index in [1.807, 2.05) is 0 Å². The minimum atomic E-state index is -0.204. The molecule has 0 atom stereocenters. The van der Waals surface area contributed by atoms with Gasteiger partial charge in [0.2, 0.25) is 0 Å². The molecule has 0 saturated carbocycles. The van der Waals surface area contributed by atoms with Crippen molar-refractivity contribution >= 4 is 11.3 Å². The minimum absolute atomic E-state index is 0.204. The van der Waals surface area contributed by atoms with Crippen molar-refractivity contribution in [3.05, 3.63) is 40.5 Å². The lowest BCUT2D eigenvalue weighted by Crippen LogP contribution is -2.43. The highest BCUT2D eigenvalue weighted by atomic mass is 32.1. The molecule has 1 aromatic carbocycles. The van der Waals surface area contributed by atoms with E-state index in [-0.39, 0.29) is 5.82 Å². The molecule has 88 valence electrons. The Bertz CT molecular complexity index is 502. The Morgan fingerprint density at radius 1 is 1.29 bits per heavy atom. The van der Waals surface area contributed by atoms with Gasteiger partial charge in [-0.3, -0.25) is 0 Å².